The lowest BCUT2D eigenvalue weighted by Gasteiger charge is -2.07. The maximum absolute atomic E-state index is 12.8. The number of carbonyl (C=O) groups is 2. The number of ether oxygens (including phenoxy) is 1. The van der Waals surface area contributed by atoms with Crippen LogP contribution in [0.15, 0.2) is 28.3 Å². The van der Waals surface area contributed by atoms with Crippen molar-refractivity contribution in [3.63, 3.8) is 0 Å². The zero-order valence-corrected chi connectivity index (χ0v) is 19.9. The second-order valence-electron chi connectivity index (χ2n) is 8.06. The van der Waals surface area contributed by atoms with Crippen LogP contribution < -0.4 is 0 Å². The molecule has 0 spiro atoms. The van der Waals surface area contributed by atoms with E-state index >= 15 is 0 Å². The molecule has 0 N–H and O–H groups in total. The molecule has 0 radical (unpaired) electrons. The van der Waals surface area contributed by atoms with E-state index in [1.165, 1.54) is 6.08 Å². The van der Waals surface area contributed by atoms with Crippen LogP contribution in [0.4, 0.5) is 0 Å². The minimum atomic E-state index is -0.827. The Balaban J connectivity index is 1.75. The van der Waals surface area contributed by atoms with Gasteiger partial charge in [0.25, 0.3) is 0 Å². The van der Waals surface area contributed by atoms with E-state index in [-0.39, 0.29) is 11.4 Å². The van der Waals surface area contributed by atoms with Crippen LogP contribution in [-0.4, -0.2) is 32.7 Å². The van der Waals surface area contributed by atoms with E-state index in [1.54, 1.807) is 30.5 Å². The number of hydrogen-bond acceptors (Lipinski definition) is 6. The molecule has 33 heavy (non-hydrogen) atoms. The fourth-order valence-corrected chi connectivity index (χ4v) is 3.98. The molecular weight excluding hydrogens is 420 g/mol. The molecular formula is C25H28N4O4. The third kappa shape index (κ3) is 4.82. The molecule has 8 nitrogen and oxygen atoms in total. The van der Waals surface area contributed by atoms with Gasteiger partial charge >= 0.3 is 5.97 Å². The second-order valence-corrected chi connectivity index (χ2v) is 8.06. The SMILES string of the molecule is CCCn1c(C)cc(C=C(C#N)C(=O)OCC(=O)c2cc(C)n(-c3cc(C)on3)c2C)c1C. The number of rotatable bonds is 8. The Morgan fingerprint density at radius 1 is 1.12 bits per heavy atom. The minimum absolute atomic E-state index is 0.150. The lowest BCUT2D eigenvalue weighted by atomic mass is 10.1. The molecule has 0 aliphatic rings. The van der Waals surface area contributed by atoms with E-state index in [0.29, 0.717) is 22.8 Å². The van der Waals surface area contributed by atoms with Gasteiger partial charge in [0.2, 0.25) is 5.78 Å². The smallest absolute Gasteiger partial charge is 0.349 e. The summed E-state index contributed by atoms with van der Waals surface area (Å²) in [7, 11) is 0. The van der Waals surface area contributed by atoms with Gasteiger partial charge in [-0.1, -0.05) is 12.1 Å². The summed E-state index contributed by atoms with van der Waals surface area (Å²) in [5.74, 6) is 0.0490. The van der Waals surface area contributed by atoms with Crippen molar-refractivity contribution >= 4 is 17.8 Å². The predicted molar refractivity (Wildman–Crippen MR) is 123 cm³/mol. The van der Waals surface area contributed by atoms with Crippen LogP contribution in [0.25, 0.3) is 11.9 Å². The average molecular weight is 449 g/mol. The maximum Gasteiger partial charge on any atom is 0.349 e. The van der Waals surface area contributed by atoms with Gasteiger partial charge in [0.05, 0.1) is 0 Å². The standard InChI is InChI=1S/C25H28N4O4/c1-7-8-28-15(2)9-20(18(28)5)12-21(13-26)25(31)32-14-23(30)22-10-16(3)29(19(22)6)24-11-17(4)33-27-24/h9-12H,7-8,14H2,1-6H3. The van der Waals surface area contributed by atoms with Crippen molar-refractivity contribution in [1.82, 2.24) is 14.3 Å². The van der Waals surface area contributed by atoms with Crippen LogP contribution in [-0.2, 0) is 16.1 Å². The first-order chi connectivity index (χ1) is 15.7. The Morgan fingerprint density at radius 2 is 1.85 bits per heavy atom. The minimum Gasteiger partial charge on any atom is -0.453 e. The van der Waals surface area contributed by atoms with Crippen molar-refractivity contribution < 1.29 is 18.8 Å². The van der Waals surface area contributed by atoms with Crippen LogP contribution >= 0.6 is 0 Å². The Morgan fingerprint density at radius 3 is 2.45 bits per heavy atom. The molecule has 0 bridgehead atoms. The highest BCUT2D eigenvalue weighted by atomic mass is 16.5. The summed E-state index contributed by atoms with van der Waals surface area (Å²) < 4.78 is 14.3. The third-order valence-electron chi connectivity index (χ3n) is 5.61. The Bertz CT molecular complexity index is 1280. The number of aryl methyl sites for hydroxylation is 3. The largest absolute Gasteiger partial charge is 0.453 e. The van der Waals surface area contributed by atoms with Crippen molar-refractivity contribution in [2.75, 3.05) is 6.61 Å². The molecule has 0 aromatic carbocycles. The molecule has 0 aliphatic carbocycles. The lowest BCUT2D eigenvalue weighted by Crippen LogP contribution is -2.16. The molecule has 8 heteroatoms. The van der Waals surface area contributed by atoms with Crippen LogP contribution in [0.5, 0.6) is 0 Å². The van der Waals surface area contributed by atoms with E-state index in [0.717, 1.165) is 35.6 Å². The molecule has 3 aromatic rings. The summed E-state index contributed by atoms with van der Waals surface area (Å²) in [6.07, 6.45) is 2.49. The lowest BCUT2D eigenvalue weighted by molar-refractivity contribution is -0.137. The maximum atomic E-state index is 12.8. The molecule has 0 aliphatic heterocycles. The number of esters is 1. The molecule has 3 heterocycles. The third-order valence-corrected chi connectivity index (χ3v) is 5.61. The molecule has 0 amide bonds. The number of hydrogen-bond donors (Lipinski definition) is 0. The highest BCUT2D eigenvalue weighted by Gasteiger charge is 2.21. The quantitative estimate of drug-likeness (QED) is 0.217. The predicted octanol–water partition coefficient (Wildman–Crippen LogP) is 4.55. The molecule has 3 aromatic heterocycles. The van der Waals surface area contributed by atoms with Crippen LogP contribution in [0.2, 0.25) is 0 Å². The average Bonchev–Trinajstić information content (AvgIpc) is 3.41. The normalized spacial score (nSPS) is 11.5. The first-order valence-electron chi connectivity index (χ1n) is 10.8. The van der Waals surface area contributed by atoms with Crippen LogP contribution in [0.3, 0.4) is 0 Å². The molecule has 0 saturated heterocycles. The van der Waals surface area contributed by atoms with Crippen LogP contribution in [0.1, 0.15) is 57.8 Å². The molecule has 0 fully saturated rings. The highest BCUT2D eigenvalue weighted by Crippen LogP contribution is 2.22. The van der Waals surface area contributed by atoms with Crippen LogP contribution in [0, 0.1) is 45.9 Å². The number of aromatic nitrogens is 3. The molecule has 0 unspecified atom stereocenters. The van der Waals surface area contributed by atoms with Crippen molar-refractivity contribution in [3.05, 3.63) is 63.4 Å². The van der Waals surface area contributed by atoms with E-state index < -0.39 is 12.6 Å². The van der Waals surface area contributed by atoms with E-state index in [1.807, 2.05) is 32.9 Å². The summed E-state index contributed by atoms with van der Waals surface area (Å²) in [6.45, 7) is 11.9. The van der Waals surface area contributed by atoms with Crippen molar-refractivity contribution in [1.29, 1.82) is 5.26 Å². The van der Waals surface area contributed by atoms with Crippen molar-refractivity contribution in [2.24, 2.45) is 0 Å². The van der Waals surface area contributed by atoms with Gasteiger partial charge < -0.3 is 13.8 Å². The van der Waals surface area contributed by atoms with Gasteiger partial charge in [-0.2, -0.15) is 5.26 Å². The number of carbonyl (C=O) groups excluding carboxylic acids is 2. The molecule has 172 valence electrons. The summed E-state index contributed by atoms with van der Waals surface area (Å²) in [5, 5.41) is 13.5. The first-order valence-corrected chi connectivity index (χ1v) is 10.8. The Hall–Kier alpha value is -3.86. The van der Waals surface area contributed by atoms with E-state index in [2.05, 4.69) is 16.6 Å². The fraction of sp³-hybridized carbons (Fsp3) is 0.360. The highest BCUT2D eigenvalue weighted by molar-refractivity contribution is 6.02. The zero-order chi connectivity index (χ0) is 24.3. The number of Topliss-reactive ketones (excluding diaryl/α,β-unsaturated/α-hetero) is 1. The van der Waals surface area contributed by atoms with Crippen molar-refractivity contribution in [3.8, 4) is 11.9 Å². The van der Waals surface area contributed by atoms with Gasteiger partial charge in [-0.25, -0.2) is 4.79 Å². The Labute approximate surface area is 193 Å². The number of nitriles is 1. The van der Waals surface area contributed by atoms with Crippen molar-refractivity contribution in [2.45, 2.75) is 54.5 Å². The monoisotopic (exact) mass is 448 g/mol. The van der Waals surface area contributed by atoms with Gasteiger partial charge in [-0.3, -0.25) is 9.36 Å². The molecule has 0 atom stereocenters. The van der Waals surface area contributed by atoms with E-state index in [4.69, 9.17) is 9.26 Å². The molecule has 3 rings (SSSR count). The number of ketones is 1. The topological polar surface area (TPSA) is 103 Å². The fourth-order valence-electron chi connectivity index (χ4n) is 3.98. The zero-order valence-electron chi connectivity index (χ0n) is 19.9. The number of nitrogens with zero attached hydrogens (tertiary/aromatic N) is 4. The first kappa shape index (κ1) is 23.8. The van der Waals surface area contributed by atoms with Gasteiger partial charge in [0.15, 0.2) is 12.4 Å². The Kier molecular flexibility index (Phi) is 7.02. The summed E-state index contributed by atoms with van der Waals surface area (Å²) in [4.78, 5) is 25.3. The van der Waals surface area contributed by atoms with E-state index in [9.17, 15) is 14.9 Å². The second kappa shape index (κ2) is 9.74. The summed E-state index contributed by atoms with van der Waals surface area (Å²) in [5.41, 5.74) is 4.55. The summed E-state index contributed by atoms with van der Waals surface area (Å²) in [6, 6.07) is 7.32. The van der Waals surface area contributed by atoms with Gasteiger partial charge in [-0.15, -0.1) is 0 Å². The molecule has 0 saturated carbocycles. The van der Waals surface area contributed by atoms with Gasteiger partial charge in [-0.05, 0) is 64.8 Å². The van der Waals surface area contributed by atoms with Gasteiger partial charge in [0.1, 0.15) is 17.4 Å². The summed E-state index contributed by atoms with van der Waals surface area (Å²) >= 11 is 0. The van der Waals surface area contributed by atoms with Gasteiger partial charge in [0, 0.05) is 41.0 Å².